The lowest BCUT2D eigenvalue weighted by molar-refractivity contribution is -0.159. The molecule has 1 aliphatic rings. The Balaban J connectivity index is 0.000000413. The molecule has 0 radical (unpaired) electrons. The summed E-state index contributed by atoms with van der Waals surface area (Å²) in [6, 6.07) is 10.2. The van der Waals surface area contributed by atoms with Gasteiger partial charge in [0, 0.05) is 0 Å². The van der Waals surface area contributed by atoms with E-state index in [1.165, 1.54) is 19.3 Å². The Labute approximate surface area is 141 Å². The third-order valence-electron chi connectivity index (χ3n) is 3.68. The summed E-state index contributed by atoms with van der Waals surface area (Å²) in [5.41, 5.74) is 1.16. The molecule has 0 aromatic heterocycles. The second kappa shape index (κ2) is 10.4. The van der Waals surface area contributed by atoms with Crippen molar-refractivity contribution in [3.63, 3.8) is 0 Å². The smallest absolute Gasteiger partial charge is 0.414 e. The number of nitrogens with zero attached hydrogens (tertiary/aromatic N) is 1. The van der Waals surface area contributed by atoms with Gasteiger partial charge in [0.15, 0.2) is 0 Å². The minimum absolute atomic E-state index is 0.0866. The molecule has 1 aromatic rings. The molecule has 1 aliphatic heterocycles. The van der Waals surface area contributed by atoms with Crippen molar-refractivity contribution in [2.75, 3.05) is 19.6 Å². The van der Waals surface area contributed by atoms with Gasteiger partial charge < -0.3 is 15.5 Å². The van der Waals surface area contributed by atoms with E-state index in [0.29, 0.717) is 6.54 Å². The topological polar surface area (TPSA) is 107 Å². The summed E-state index contributed by atoms with van der Waals surface area (Å²) in [6.45, 7) is 4.70. The molecule has 1 aromatic carbocycles. The third-order valence-corrected chi connectivity index (χ3v) is 3.68. The number of carboxylic acid groups (broad SMARTS) is 2. The maximum Gasteiger partial charge on any atom is 0.414 e. The fourth-order valence-electron chi connectivity index (χ4n) is 2.43. The van der Waals surface area contributed by atoms with Crippen LogP contribution in [0.2, 0.25) is 0 Å². The van der Waals surface area contributed by atoms with Gasteiger partial charge in [-0.05, 0) is 38.4 Å². The predicted octanol–water partition coefficient (Wildman–Crippen LogP) is 1.51. The van der Waals surface area contributed by atoms with E-state index in [9.17, 15) is 4.79 Å². The Bertz CT molecular complexity index is 529. The quantitative estimate of drug-likeness (QED) is 0.720. The standard InChI is InChI=1S/C15H22N2O.C2H2O4/c1-13(14-8-4-2-5-9-14)16-15(18)12-17-10-6-3-7-11-17;3-1(4)2(5)6/h2,4-5,8-9,13H,3,6-7,10-12H2,1H3,(H,16,18);(H,3,4)(H,5,6). The summed E-state index contributed by atoms with van der Waals surface area (Å²) < 4.78 is 0. The SMILES string of the molecule is CC(NC(=O)CN1CCCCC1)c1ccccc1.O=C(O)C(=O)O. The van der Waals surface area contributed by atoms with Crippen molar-refractivity contribution in [1.82, 2.24) is 10.2 Å². The number of hydrogen-bond donors (Lipinski definition) is 3. The van der Waals surface area contributed by atoms with Crippen LogP contribution in [0.5, 0.6) is 0 Å². The zero-order chi connectivity index (χ0) is 17.9. The van der Waals surface area contributed by atoms with Crippen LogP contribution in [-0.4, -0.2) is 52.6 Å². The van der Waals surface area contributed by atoms with Crippen LogP contribution in [0.4, 0.5) is 0 Å². The summed E-state index contributed by atoms with van der Waals surface area (Å²) >= 11 is 0. The number of carbonyl (C=O) groups is 3. The first-order valence-corrected chi connectivity index (χ1v) is 7.93. The molecule has 132 valence electrons. The fourth-order valence-corrected chi connectivity index (χ4v) is 2.43. The second-order valence-corrected chi connectivity index (χ2v) is 5.65. The van der Waals surface area contributed by atoms with Crippen molar-refractivity contribution < 1.29 is 24.6 Å². The highest BCUT2D eigenvalue weighted by Gasteiger charge is 2.15. The molecule has 1 saturated heterocycles. The molecule has 0 bridgehead atoms. The van der Waals surface area contributed by atoms with Crippen molar-refractivity contribution in [2.45, 2.75) is 32.2 Å². The molecular formula is C17H24N2O5. The zero-order valence-corrected chi connectivity index (χ0v) is 13.8. The predicted molar refractivity (Wildman–Crippen MR) is 88.6 cm³/mol. The molecule has 2 rings (SSSR count). The van der Waals surface area contributed by atoms with E-state index in [1.54, 1.807) is 0 Å². The Morgan fingerprint density at radius 1 is 1.04 bits per heavy atom. The number of rotatable bonds is 4. The molecular weight excluding hydrogens is 312 g/mol. The first-order valence-electron chi connectivity index (χ1n) is 7.93. The highest BCUT2D eigenvalue weighted by Crippen LogP contribution is 2.12. The van der Waals surface area contributed by atoms with E-state index in [1.807, 2.05) is 37.3 Å². The number of hydrogen-bond acceptors (Lipinski definition) is 4. The van der Waals surface area contributed by atoms with E-state index in [2.05, 4.69) is 10.2 Å². The molecule has 1 atom stereocenters. The van der Waals surface area contributed by atoms with E-state index in [4.69, 9.17) is 19.8 Å². The highest BCUT2D eigenvalue weighted by atomic mass is 16.4. The summed E-state index contributed by atoms with van der Waals surface area (Å²) in [5.74, 6) is -3.52. The second-order valence-electron chi connectivity index (χ2n) is 5.65. The number of carboxylic acids is 2. The van der Waals surface area contributed by atoms with E-state index >= 15 is 0 Å². The van der Waals surface area contributed by atoms with E-state index < -0.39 is 11.9 Å². The van der Waals surface area contributed by atoms with Crippen LogP contribution in [0.3, 0.4) is 0 Å². The summed E-state index contributed by atoms with van der Waals surface area (Å²) in [4.78, 5) is 32.4. The summed E-state index contributed by atoms with van der Waals surface area (Å²) in [5, 5.41) is 17.8. The van der Waals surface area contributed by atoms with Crippen LogP contribution in [0.1, 0.15) is 37.8 Å². The lowest BCUT2D eigenvalue weighted by Crippen LogP contribution is -2.40. The zero-order valence-electron chi connectivity index (χ0n) is 13.8. The van der Waals surface area contributed by atoms with Crippen LogP contribution in [0.15, 0.2) is 30.3 Å². The van der Waals surface area contributed by atoms with Crippen LogP contribution < -0.4 is 5.32 Å². The number of nitrogens with one attached hydrogen (secondary N) is 1. The number of amides is 1. The number of likely N-dealkylation sites (tertiary alicyclic amines) is 1. The van der Waals surface area contributed by atoms with E-state index in [0.717, 1.165) is 18.7 Å². The highest BCUT2D eigenvalue weighted by molar-refractivity contribution is 6.27. The Hall–Kier alpha value is -2.41. The first kappa shape index (κ1) is 19.6. The van der Waals surface area contributed by atoms with E-state index in [-0.39, 0.29) is 11.9 Å². The van der Waals surface area contributed by atoms with Crippen molar-refractivity contribution >= 4 is 17.8 Å². The average Bonchev–Trinajstić information content (AvgIpc) is 2.57. The van der Waals surface area contributed by atoms with Crippen molar-refractivity contribution in [1.29, 1.82) is 0 Å². The lowest BCUT2D eigenvalue weighted by atomic mass is 10.1. The molecule has 1 unspecified atom stereocenters. The molecule has 1 fully saturated rings. The Morgan fingerprint density at radius 2 is 1.58 bits per heavy atom. The van der Waals surface area contributed by atoms with Gasteiger partial charge in [0.05, 0.1) is 12.6 Å². The van der Waals surface area contributed by atoms with Crippen molar-refractivity contribution in [3.8, 4) is 0 Å². The molecule has 24 heavy (non-hydrogen) atoms. The summed E-state index contributed by atoms with van der Waals surface area (Å²) in [7, 11) is 0. The number of benzene rings is 1. The van der Waals surface area contributed by atoms with Gasteiger partial charge in [0.2, 0.25) is 5.91 Å². The van der Waals surface area contributed by atoms with Gasteiger partial charge in [0.1, 0.15) is 0 Å². The fraction of sp³-hybridized carbons (Fsp3) is 0.471. The van der Waals surface area contributed by atoms with Crippen molar-refractivity contribution in [2.24, 2.45) is 0 Å². The Kier molecular flexibility index (Phi) is 8.49. The maximum atomic E-state index is 11.9. The van der Waals surface area contributed by atoms with Gasteiger partial charge in [-0.2, -0.15) is 0 Å². The average molecular weight is 336 g/mol. The molecule has 7 heteroatoms. The minimum Gasteiger partial charge on any atom is -0.473 e. The van der Waals surface area contributed by atoms with Gasteiger partial charge in [0.25, 0.3) is 0 Å². The van der Waals surface area contributed by atoms with Crippen LogP contribution >= 0.6 is 0 Å². The first-order chi connectivity index (χ1) is 11.4. The van der Waals surface area contributed by atoms with Gasteiger partial charge >= 0.3 is 11.9 Å². The molecule has 1 amide bonds. The Morgan fingerprint density at radius 3 is 2.08 bits per heavy atom. The summed E-state index contributed by atoms with van der Waals surface area (Å²) in [6.07, 6.45) is 3.75. The van der Waals surface area contributed by atoms with Gasteiger partial charge in [-0.15, -0.1) is 0 Å². The minimum atomic E-state index is -1.82. The third kappa shape index (κ3) is 7.73. The number of aliphatic carboxylic acids is 2. The lowest BCUT2D eigenvalue weighted by Gasteiger charge is -2.26. The van der Waals surface area contributed by atoms with Crippen LogP contribution in [-0.2, 0) is 14.4 Å². The van der Waals surface area contributed by atoms with Crippen LogP contribution in [0.25, 0.3) is 0 Å². The largest absolute Gasteiger partial charge is 0.473 e. The maximum absolute atomic E-state index is 11.9. The number of carbonyl (C=O) groups excluding carboxylic acids is 1. The monoisotopic (exact) mass is 336 g/mol. The van der Waals surface area contributed by atoms with Gasteiger partial charge in [-0.25, -0.2) is 9.59 Å². The van der Waals surface area contributed by atoms with Gasteiger partial charge in [-0.3, -0.25) is 9.69 Å². The molecule has 0 aliphatic carbocycles. The van der Waals surface area contributed by atoms with Gasteiger partial charge in [-0.1, -0.05) is 36.8 Å². The number of piperidine rings is 1. The molecule has 1 heterocycles. The molecule has 3 N–H and O–H groups in total. The van der Waals surface area contributed by atoms with Crippen molar-refractivity contribution in [3.05, 3.63) is 35.9 Å². The van der Waals surface area contributed by atoms with Crippen LogP contribution in [0, 0.1) is 0 Å². The molecule has 7 nitrogen and oxygen atoms in total. The molecule has 0 saturated carbocycles. The molecule has 0 spiro atoms. The normalized spacial score (nSPS) is 15.5.